The Bertz CT molecular complexity index is 574. The Kier molecular flexibility index (Phi) is 9.77. The number of rotatable bonds is 5. The van der Waals surface area contributed by atoms with Crippen molar-refractivity contribution >= 4 is 35.8 Å². The highest BCUT2D eigenvalue weighted by atomic mass is 127. The fraction of sp³-hybridized carbons (Fsp3) is 0.556. The fourth-order valence-electron chi connectivity index (χ4n) is 2.93. The van der Waals surface area contributed by atoms with Gasteiger partial charge in [0.25, 0.3) is 0 Å². The molecule has 0 unspecified atom stereocenters. The zero-order chi connectivity index (χ0) is 17.4. The number of benzene rings is 1. The zero-order valence-electron chi connectivity index (χ0n) is 14.9. The molecule has 0 aromatic heterocycles. The van der Waals surface area contributed by atoms with Crippen molar-refractivity contribution in [1.82, 2.24) is 15.5 Å². The van der Waals surface area contributed by atoms with Crippen molar-refractivity contribution in [2.75, 3.05) is 26.7 Å². The molecule has 1 aliphatic rings. The maximum Gasteiger partial charge on any atom is 0.220 e. The van der Waals surface area contributed by atoms with Crippen LogP contribution in [0.5, 0.6) is 0 Å². The molecule has 140 valence electrons. The number of guanidine groups is 1. The van der Waals surface area contributed by atoms with Crippen LogP contribution in [0.2, 0.25) is 0 Å². The Labute approximate surface area is 166 Å². The van der Waals surface area contributed by atoms with Crippen molar-refractivity contribution in [2.45, 2.75) is 32.7 Å². The number of likely N-dealkylation sites (tertiary alicyclic amines) is 1. The predicted molar refractivity (Wildman–Crippen MR) is 110 cm³/mol. The molecule has 1 amide bonds. The van der Waals surface area contributed by atoms with Gasteiger partial charge < -0.3 is 15.5 Å². The van der Waals surface area contributed by atoms with E-state index >= 15 is 0 Å². The summed E-state index contributed by atoms with van der Waals surface area (Å²) in [5, 5.41) is 5.97. The van der Waals surface area contributed by atoms with Gasteiger partial charge in [-0.05, 0) is 31.7 Å². The second kappa shape index (κ2) is 11.3. The first-order valence-corrected chi connectivity index (χ1v) is 8.61. The standard InChI is InChI=1S/C18H27FN4O.HI/c1-3-21-18(22-13-15-6-4-5-7-16(15)19)23-10-8-14(9-11-23)12-17(24)20-2;/h4-7,14H,3,8-13H2,1-2H3,(H,20,24)(H,21,22);1H. The number of hydrogen-bond donors (Lipinski definition) is 2. The SMILES string of the molecule is CCNC(=NCc1ccccc1F)N1CCC(CC(=O)NC)CC1.I. The van der Waals surface area contributed by atoms with Crippen LogP contribution in [0.15, 0.2) is 29.3 Å². The van der Waals surface area contributed by atoms with E-state index in [0.717, 1.165) is 38.4 Å². The largest absolute Gasteiger partial charge is 0.359 e. The van der Waals surface area contributed by atoms with Crippen LogP contribution in [0, 0.1) is 11.7 Å². The van der Waals surface area contributed by atoms with Gasteiger partial charge in [0.15, 0.2) is 5.96 Å². The Morgan fingerprint density at radius 2 is 2.00 bits per heavy atom. The van der Waals surface area contributed by atoms with Gasteiger partial charge in [0.1, 0.15) is 5.82 Å². The van der Waals surface area contributed by atoms with Crippen LogP contribution in [-0.2, 0) is 11.3 Å². The minimum Gasteiger partial charge on any atom is -0.359 e. The third kappa shape index (κ3) is 6.80. The van der Waals surface area contributed by atoms with E-state index in [-0.39, 0.29) is 35.7 Å². The summed E-state index contributed by atoms with van der Waals surface area (Å²) >= 11 is 0. The number of aliphatic imine (C=N–C) groups is 1. The van der Waals surface area contributed by atoms with Crippen molar-refractivity contribution in [3.05, 3.63) is 35.6 Å². The van der Waals surface area contributed by atoms with Crippen LogP contribution in [0.1, 0.15) is 31.7 Å². The van der Waals surface area contributed by atoms with Gasteiger partial charge in [0.05, 0.1) is 6.54 Å². The van der Waals surface area contributed by atoms with Crippen molar-refractivity contribution in [3.8, 4) is 0 Å². The van der Waals surface area contributed by atoms with E-state index in [0.29, 0.717) is 24.4 Å². The first-order chi connectivity index (χ1) is 11.6. The van der Waals surface area contributed by atoms with E-state index in [1.54, 1.807) is 19.2 Å². The molecule has 2 N–H and O–H groups in total. The lowest BCUT2D eigenvalue weighted by atomic mass is 9.93. The number of hydrogen-bond acceptors (Lipinski definition) is 2. The molecule has 0 saturated carbocycles. The fourth-order valence-corrected chi connectivity index (χ4v) is 2.93. The van der Waals surface area contributed by atoms with Gasteiger partial charge in [-0.1, -0.05) is 18.2 Å². The van der Waals surface area contributed by atoms with E-state index in [9.17, 15) is 9.18 Å². The lowest BCUT2D eigenvalue weighted by Gasteiger charge is -2.34. The summed E-state index contributed by atoms with van der Waals surface area (Å²) in [6.07, 6.45) is 2.53. The molecule has 1 fully saturated rings. The molecule has 5 nitrogen and oxygen atoms in total. The van der Waals surface area contributed by atoms with Crippen LogP contribution in [-0.4, -0.2) is 43.4 Å². The number of halogens is 2. The van der Waals surface area contributed by atoms with E-state index < -0.39 is 0 Å². The third-order valence-corrected chi connectivity index (χ3v) is 4.36. The molecule has 0 bridgehead atoms. The predicted octanol–water partition coefficient (Wildman–Crippen LogP) is 2.76. The van der Waals surface area contributed by atoms with Gasteiger partial charge in [0.2, 0.25) is 5.91 Å². The molecule has 0 radical (unpaired) electrons. The second-order valence-corrected chi connectivity index (χ2v) is 6.07. The summed E-state index contributed by atoms with van der Waals surface area (Å²) in [6.45, 7) is 4.86. The summed E-state index contributed by atoms with van der Waals surface area (Å²) in [7, 11) is 1.68. The number of carbonyl (C=O) groups excluding carboxylic acids is 1. The third-order valence-electron chi connectivity index (χ3n) is 4.36. The first kappa shape index (κ1) is 21.7. The smallest absolute Gasteiger partial charge is 0.220 e. The Balaban J connectivity index is 0.00000312. The number of carbonyl (C=O) groups is 1. The zero-order valence-corrected chi connectivity index (χ0v) is 17.3. The molecule has 25 heavy (non-hydrogen) atoms. The molecule has 1 saturated heterocycles. The highest BCUT2D eigenvalue weighted by Crippen LogP contribution is 2.20. The average molecular weight is 462 g/mol. The Hall–Kier alpha value is -1.38. The molecule has 2 rings (SSSR count). The van der Waals surface area contributed by atoms with Gasteiger partial charge in [0, 0.05) is 38.7 Å². The van der Waals surface area contributed by atoms with Gasteiger partial charge in [-0.3, -0.25) is 4.79 Å². The van der Waals surface area contributed by atoms with Crippen molar-refractivity contribution < 1.29 is 9.18 Å². The minimum absolute atomic E-state index is 0. The maximum atomic E-state index is 13.7. The van der Waals surface area contributed by atoms with Crippen LogP contribution >= 0.6 is 24.0 Å². The molecule has 0 aliphatic carbocycles. The topological polar surface area (TPSA) is 56.7 Å². The number of nitrogens with one attached hydrogen (secondary N) is 2. The van der Waals surface area contributed by atoms with Gasteiger partial charge >= 0.3 is 0 Å². The molecule has 1 aromatic rings. The molecule has 0 atom stereocenters. The summed E-state index contributed by atoms with van der Waals surface area (Å²) < 4.78 is 13.7. The number of amides is 1. The summed E-state index contributed by atoms with van der Waals surface area (Å²) in [5.41, 5.74) is 0.599. The number of piperidine rings is 1. The monoisotopic (exact) mass is 462 g/mol. The summed E-state index contributed by atoms with van der Waals surface area (Å²) in [4.78, 5) is 18.3. The van der Waals surface area contributed by atoms with Gasteiger partial charge in [-0.15, -0.1) is 24.0 Å². The average Bonchev–Trinajstić information content (AvgIpc) is 2.60. The van der Waals surface area contributed by atoms with Gasteiger partial charge in [-0.2, -0.15) is 0 Å². The lowest BCUT2D eigenvalue weighted by Crippen LogP contribution is -2.46. The minimum atomic E-state index is -0.221. The van der Waals surface area contributed by atoms with Crippen LogP contribution in [0.3, 0.4) is 0 Å². The molecule has 1 aliphatic heterocycles. The molecule has 7 heteroatoms. The van der Waals surface area contributed by atoms with E-state index in [4.69, 9.17) is 0 Å². The van der Waals surface area contributed by atoms with Gasteiger partial charge in [-0.25, -0.2) is 9.38 Å². The normalized spacial score (nSPS) is 15.5. The molecular weight excluding hydrogens is 434 g/mol. The highest BCUT2D eigenvalue weighted by molar-refractivity contribution is 14.0. The highest BCUT2D eigenvalue weighted by Gasteiger charge is 2.23. The quantitative estimate of drug-likeness (QED) is 0.402. The van der Waals surface area contributed by atoms with Crippen molar-refractivity contribution in [2.24, 2.45) is 10.9 Å². The molecule has 1 aromatic carbocycles. The lowest BCUT2D eigenvalue weighted by molar-refractivity contribution is -0.121. The maximum absolute atomic E-state index is 13.7. The van der Waals surface area contributed by atoms with Crippen molar-refractivity contribution in [1.29, 1.82) is 0 Å². The Morgan fingerprint density at radius 1 is 1.32 bits per heavy atom. The van der Waals surface area contributed by atoms with Crippen LogP contribution in [0.4, 0.5) is 4.39 Å². The van der Waals surface area contributed by atoms with E-state index in [1.807, 2.05) is 13.0 Å². The summed E-state index contributed by atoms with van der Waals surface area (Å²) in [6, 6.07) is 6.73. The molecule has 1 heterocycles. The van der Waals surface area contributed by atoms with E-state index in [1.165, 1.54) is 6.07 Å². The summed E-state index contributed by atoms with van der Waals surface area (Å²) in [5.74, 6) is 1.13. The van der Waals surface area contributed by atoms with Crippen LogP contribution < -0.4 is 10.6 Å². The van der Waals surface area contributed by atoms with Crippen molar-refractivity contribution in [3.63, 3.8) is 0 Å². The number of nitrogens with zero attached hydrogens (tertiary/aromatic N) is 2. The first-order valence-electron chi connectivity index (χ1n) is 8.61. The second-order valence-electron chi connectivity index (χ2n) is 6.07. The molecular formula is C18H28FIN4O. The Morgan fingerprint density at radius 3 is 2.60 bits per heavy atom. The van der Waals surface area contributed by atoms with Crippen LogP contribution in [0.25, 0.3) is 0 Å². The van der Waals surface area contributed by atoms with E-state index in [2.05, 4.69) is 20.5 Å². The molecule has 0 spiro atoms.